The Balaban J connectivity index is 1.53. The van der Waals surface area contributed by atoms with Crippen LogP contribution in [0.25, 0.3) is 0 Å². The summed E-state index contributed by atoms with van der Waals surface area (Å²) in [6.45, 7) is 3.83. The molecule has 2 aliphatic rings. The van der Waals surface area contributed by atoms with Gasteiger partial charge in [-0.3, -0.25) is 9.48 Å². The highest BCUT2D eigenvalue weighted by atomic mass is 16.2. The molecule has 0 bridgehead atoms. The van der Waals surface area contributed by atoms with Crippen molar-refractivity contribution >= 4 is 5.91 Å². The molecule has 122 valence electrons. The van der Waals surface area contributed by atoms with E-state index in [1.807, 2.05) is 24.1 Å². The molecule has 0 spiro atoms. The molecule has 23 heavy (non-hydrogen) atoms. The number of rotatable bonds is 3. The predicted octanol–water partition coefficient (Wildman–Crippen LogP) is 1.74. The average molecular weight is 314 g/mol. The zero-order valence-electron chi connectivity index (χ0n) is 13.4. The molecule has 1 fully saturated rings. The van der Waals surface area contributed by atoms with E-state index in [2.05, 4.69) is 19.9 Å². The fourth-order valence-electron chi connectivity index (χ4n) is 3.86. The SMILES string of the molecule is CC1c2nnc(C3CCCC3)n2CCN1C(=O)Cn1cccn1. The lowest BCUT2D eigenvalue weighted by Crippen LogP contribution is -2.43. The lowest BCUT2D eigenvalue weighted by Gasteiger charge is -2.34. The highest BCUT2D eigenvalue weighted by Gasteiger charge is 2.33. The first-order valence-electron chi connectivity index (χ1n) is 8.44. The average Bonchev–Trinajstić information content (AvgIpc) is 3.28. The quantitative estimate of drug-likeness (QED) is 0.865. The van der Waals surface area contributed by atoms with E-state index in [1.165, 1.54) is 25.7 Å². The Bertz CT molecular complexity index is 685. The molecule has 1 saturated carbocycles. The van der Waals surface area contributed by atoms with Gasteiger partial charge < -0.3 is 9.47 Å². The Morgan fingerprint density at radius 1 is 1.22 bits per heavy atom. The fourth-order valence-corrected chi connectivity index (χ4v) is 3.86. The van der Waals surface area contributed by atoms with Gasteiger partial charge >= 0.3 is 0 Å². The Morgan fingerprint density at radius 3 is 2.74 bits per heavy atom. The van der Waals surface area contributed by atoms with Crippen LogP contribution in [0.4, 0.5) is 0 Å². The maximum Gasteiger partial charge on any atom is 0.244 e. The molecule has 1 aliphatic carbocycles. The van der Waals surface area contributed by atoms with Gasteiger partial charge in [0.2, 0.25) is 5.91 Å². The Hall–Kier alpha value is -2.18. The summed E-state index contributed by atoms with van der Waals surface area (Å²) in [6, 6.07) is 1.80. The van der Waals surface area contributed by atoms with Crippen LogP contribution in [0.5, 0.6) is 0 Å². The van der Waals surface area contributed by atoms with Gasteiger partial charge in [0.15, 0.2) is 5.82 Å². The van der Waals surface area contributed by atoms with Crippen molar-refractivity contribution in [2.75, 3.05) is 6.54 Å². The van der Waals surface area contributed by atoms with Gasteiger partial charge in [0.1, 0.15) is 12.4 Å². The van der Waals surface area contributed by atoms with Crippen LogP contribution in [0.3, 0.4) is 0 Å². The van der Waals surface area contributed by atoms with Gasteiger partial charge in [-0.2, -0.15) is 5.10 Å². The molecule has 1 amide bonds. The Kier molecular flexibility index (Phi) is 3.63. The van der Waals surface area contributed by atoms with Crippen molar-refractivity contribution in [3.8, 4) is 0 Å². The molecule has 4 rings (SSSR count). The number of carbonyl (C=O) groups excluding carboxylic acids is 1. The number of amides is 1. The maximum atomic E-state index is 12.6. The van der Waals surface area contributed by atoms with Gasteiger partial charge in [-0.05, 0) is 25.8 Å². The number of hydrogen-bond acceptors (Lipinski definition) is 4. The smallest absolute Gasteiger partial charge is 0.244 e. The minimum absolute atomic E-state index is 0.0329. The minimum atomic E-state index is -0.0329. The van der Waals surface area contributed by atoms with Gasteiger partial charge in [-0.15, -0.1) is 10.2 Å². The normalized spacial score (nSPS) is 21.6. The zero-order chi connectivity index (χ0) is 15.8. The Morgan fingerprint density at radius 2 is 2.00 bits per heavy atom. The minimum Gasteiger partial charge on any atom is -0.329 e. The molecule has 2 aromatic rings. The number of carbonyl (C=O) groups is 1. The molecule has 0 saturated heterocycles. The third-order valence-electron chi connectivity index (χ3n) is 5.11. The summed E-state index contributed by atoms with van der Waals surface area (Å²) in [6.07, 6.45) is 8.52. The first-order valence-corrected chi connectivity index (χ1v) is 8.44. The van der Waals surface area contributed by atoms with Gasteiger partial charge in [-0.1, -0.05) is 12.8 Å². The van der Waals surface area contributed by atoms with Gasteiger partial charge in [0.05, 0.1) is 6.04 Å². The van der Waals surface area contributed by atoms with Crippen molar-refractivity contribution in [3.63, 3.8) is 0 Å². The second-order valence-corrected chi connectivity index (χ2v) is 6.52. The highest BCUT2D eigenvalue weighted by molar-refractivity contribution is 5.76. The molecule has 0 radical (unpaired) electrons. The predicted molar refractivity (Wildman–Crippen MR) is 83.6 cm³/mol. The molecule has 1 atom stereocenters. The molecule has 3 heterocycles. The first kappa shape index (κ1) is 14.4. The molecule has 1 unspecified atom stereocenters. The van der Waals surface area contributed by atoms with Crippen LogP contribution in [0.2, 0.25) is 0 Å². The van der Waals surface area contributed by atoms with Crippen LogP contribution >= 0.6 is 0 Å². The lowest BCUT2D eigenvalue weighted by atomic mass is 10.1. The van der Waals surface area contributed by atoms with E-state index in [1.54, 1.807) is 10.9 Å². The Labute approximate surface area is 135 Å². The number of aromatic nitrogens is 5. The standard InChI is InChI=1S/C16H22N6O/c1-12-15-18-19-16(13-5-2-3-6-13)22(15)10-9-21(12)14(23)11-20-8-4-7-17-20/h4,7-8,12-13H,2-3,5-6,9-11H2,1H3. The fraction of sp³-hybridized carbons (Fsp3) is 0.625. The van der Waals surface area contributed by atoms with Crippen molar-refractivity contribution in [3.05, 3.63) is 30.1 Å². The third kappa shape index (κ3) is 2.54. The summed E-state index contributed by atoms with van der Waals surface area (Å²) in [7, 11) is 0. The topological polar surface area (TPSA) is 68.8 Å². The summed E-state index contributed by atoms with van der Waals surface area (Å²) in [5.41, 5.74) is 0. The van der Waals surface area contributed by atoms with E-state index in [-0.39, 0.29) is 18.5 Å². The summed E-state index contributed by atoms with van der Waals surface area (Å²) in [5, 5.41) is 13.0. The van der Waals surface area contributed by atoms with Crippen molar-refractivity contribution in [1.29, 1.82) is 0 Å². The second-order valence-electron chi connectivity index (χ2n) is 6.52. The van der Waals surface area contributed by atoms with E-state index in [9.17, 15) is 4.79 Å². The third-order valence-corrected chi connectivity index (χ3v) is 5.11. The summed E-state index contributed by atoms with van der Waals surface area (Å²) < 4.78 is 3.91. The maximum absolute atomic E-state index is 12.6. The van der Waals surface area contributed by atoms with Gasteiger partial charge in [-0.25, -0.2) is 0 Å². The lowest BCUT2D eigenvalue weighted by molar-refractivity contribution is -0.135. The van der Waals surface area contributed by atoms with E-state index in [0.29, 0.717) is 12.5 Å². The largest absolute Gasteiger partial charge is 0.329 e. The number of hydrogen-bond donors (Lipinski definition) is 0. The monoisotopic (exact) mass is 314 g/mol. The van der Waals surface area contributed by atoms with Crippen LogP contribution in [0.15, 0.2) is 18.5 Å². The molecular formula is C16H22N6O. The van der Waals surface area contributed by atoms with Crippen molar-refractivity contribution < 1.29 is 4.79 Å². The summed E-state index contributed by atoms with van der Waals surface area (Å²) in [4.78, 5) is 14.4. The molecule has 0 aromatic carbocycles. The number of nitrogens with zero attached hydrogens (tertiary/aromatic N) is 6. The summed E-state index contributed by atoms with van der Waals surface area (Å²) >= 11 is 0. The molecule has 1 aliphatic heterocycles. The van der Waals surface area contributed by atoms with Gasteiger partial charge in [0, 0.05) is 31.4 Å². The van der Waals surface area contributed by atoms with Crippen molar-refractivity contribution in [2.45, 2.75) is 57.7 Å². The van der Waals surface area contributed by atoms with Crippen LogP contribution < -0.4 is 0 Å². The molecule has 7 heteroatoms. The van der Waals surface area contributed by atoms with Gasteiger partial charge in [0.25, 0.3) is 0 Å². The van der Waals surface area contributed by atoms with Crippen LogP contribution in [-0.2, 0) is 17.9 Å². The molecule has 7 nitrogen and oxygen atoms in total. The van der Waals surface area contributed by atoms with E-state index < -0.39 is 0 Å². The number of fused-ring (bicyclic) bond motifs is 1. The summed E-state index contributed by atoms with van der Waals surface area (Å²) in [5.74, 6) is 2.68. The van der Waals surface area contributed by atoms with Crippen molar-refractivity contribution in [2.24, 2.45) is 0 Å². The van der Waals surface area contributed by atoms with E-state index in [0.717, 1.165) is 18.2 Å². The van der Waals surface area contributed by atoms with Crippen LogP contribution in [0, 0.1) is 0 Å². The van der Waals surface area contributed by atoms with E-state index in [4.69, 9.17) is 0 Å². The zero-order valence-corrected chi connectivity index (χ0v) is 13.4. The van der Waals surface area contributed by atoms with Crippen LogP contribution in [0.1, 0.15) is 56.2 Å². The van der Waals surface area contributed by atoms with E-state index >= 15 is 0 Å². The second kappa shape index (κ2) is 5.79. The molecular weight excluding hydrogens is 292 g/mol. The van der Waals surface area contributed by atoms with Crippen LogP contribution in [-0.4, -0.2) is 41.9 Å². The first-order chi connectivity index (χ1) is 11.2. The molecule has 0 N–H and O–H groups in total. The highest BCUT2D eigenvalue weighted by Crippen LogP contribution is 2.35. The van der Waals surface area contributed by atoms with Crippen molar-refractivity contribution in [1.82, 2.24) is 29.4 Å². The molecule has 2 aromatic heterocycles.